The van der Waals surface area contributed by atoms with Crippen molar-refractivity contribution < 1.29 is 0 Å². The molecular weight excluding hydrogens is 334 g/mol. The molecule has 0 radical (unpaired) electrons. The lowest BCUT2D eigenvalue weighted by atomic mass is 10.0. The molecule has 0 bridgehead atoms. The van der Waals surface area contributed by atoms with Crippen molar-refractivity contribution in [1.29, 1.82) is 0 Å². The van der Waals surface area contributed by atoms with Crippen LogP contribution >= 0.6 is 0 Å². The van der Waals surface area contributed by atoms with Gasteiger partial charge in [-0.3, -0.25) is 4.98 Å². The molecule has 0 atom stereocenters. The lowest BCUT2D eigenvalue weighted by Crippen LogP contribution is -2.37. The Bertz CT molecular complexity index is 1050. The van der Waals surface area contributed by atoms with Gasteiger partial charge < -0.3 is 0 Å². The second-order valence-corrected chi connectivity index (χ2v) is 12.6. The molecular formula is C22H21N3Si. The highest BCUT2D eigenvalue weighted by molar-refractivity contribution is 6.88. The second-order valence-electron chi connectivity index (χ2n) is 7.52. The minimum absolute atomic E-state index is 0.957. The van der Waals surface area contributed by atoms with Crippen LogP contribution in [0.2, 0.25) is 19.6 Å². The van der Waals surface area contributed by atoms with Crippen LogP contribution < -0.4 is 5.19 Å². The molecule has 0 aliphatic heterocycles. The first-order valence-corrected chi connectivity index (χ1v) is 12.3. The Morgan fingerprint density at radius 3 is 2.08 bits per heavy atom. The van der Waals surface area contributed by atoms with Crippen LogP contribution in [0.15, 0.2) is 73.3 Å². The van der Waals surface area contributed by atoms with Crippen LogP contribution in [0.3, 0.4) is 0 Å². The van der Waals surface area contributed by atoms with Crippen LogP contribution in [-0.4, -0.2) is 23.0 Å². The van der Waals surface area contributed by atoms with Crippen LogP contribution in [0.25, 0.3) is 33.3 Å². The summed E-state index contributed by atoms with van der Waals surface area (Å²) < 4.78 is 0. The summed E-state index contributed by atoms with van der Waals surface area (Å²) >= 11 is 0. The summed E-state index contributed by atoms with van der Waals surface area (Å²) in [6.45, 7) is 7.09. The number of nitrogens with zero attached hydrogens (tertiary/aromatic N) is 3. The van der Waals surface area contributed by atoms with Crippen LogP contribution in [-0.2, 0) is 0 Å². The fourth-order valence-electron chi connectivity index (χ4n) is 3.14. The zero-order valence-corrected chi connectivity index (χ0v) is 16.3. The number of benzene rings is 2. The third-order valence-corrected chi connectivity index (χ3v) is 6.74. The Morgan fingerprint density at radius 1 is 0.692 bits per heavy atom. The van der Waals surface area contributed by atoms with E-state index in [9.17, 15) is 0 Å². The first-order chi connectivity index (χ1) is 12.5. The largest absolute Gasteiger partial charge is 0.265 e. The highest BCUT2D eigenvalue weighted by Gasteiger charge is 2.16. The van der Waals surface area contributed by atoms with Gasteiger partial charge in [-0.25, -0.2) is 9.97 Å². The van der Waals surface area contributed by atoms with Crippen LogP contribution in [0, 0.1) is 0 Å². The summed E-state index contributed by atoms with van der Waals surface area (Å²) in [7, 11) is -1.29. The van der Waals surface area contributed by atoms with Crippen molar-refractivity contribution in [2.75, 3.05) is 0 Å². The van der Waals surface area contributed by atoms with Gasteiger partial charge in [0.1, 0.15) is 6.33 Å². The van der Waals surface area contributed by atoms with Gasteiger partial charge in [-0.15, -0.1) is 0 Å². The fraction of sp³-hybridized carbons (Fsp3) is 0.136. The molecule has 0 aliphatic carbocycles. The second kappa shape index (κ2) is 6.46. The van der Waals surface area contributed by atoms with Crippen molar-refractivity contribution in [3.05, 3.63) is 73.3 Å². The molecule has 3 nitrogen and oxygen atoms in total. The van der Waals surface area contributed by atoms with Crippen molar-refractivity contribution in [3.8, 4) is 22.4 Å². The van der Waals surface area contributed by atoms with E-state index in [1.165, 1.54) is 5.19 Å². The van der Waals surface area contributed by atoms with Gasteiger partial charge in [0.25, 0.3) is 0 Å². The molecule has 0 unspecified atom stereocenters. The normalized spacial score (nSPS) is 11.7. The van der Waals surface area contributed by atoms with Crippen molar-refractivity contribution in [3.63, 3.8) is 0 Å². The summed E-state index contributed by atoms with van der Waals surface area (Å²) in [4.78, 5) is 13.1. The van der Waals surface area contributed by atoms with E-state index >= 15 is 0 Å². The number of fused-ring (bicyclic) bond motifs is 1. The topological polar surface area (TPSA) is 38.7 Å². The molecule has 4 heteroatoms. The average molecular weight is 356 g/mol. The summed E-state index contributed by atoms with van der Waals surface area (Å²) in [5.74, 6) is 0. The van der Waals surface area contributed by atoms with E-state index in [0.717, 1.165) is 33.3 Å². The zero-order chi connectivity index (χ0) is 18.1. The maximum atomic E-state index is 4.56. The Hall–Kier alpha value is -2.85. The lowest BCUT2D eigenvalue weighted by molar-refractivity contribution is 1.22. The van der Waals surface area contributed by atoms with E-state index in [1.807, 2.05) is 24.5 Å². The molecule has 26 heavy (non-hydrogen) atoms. The maximum absolute atomic E-state index is 4.56. The summed E-state index contributed by atoms with van der Waals surface area (Å²) in [6, 6.07) is 19.3. The molecule has 0 aliphatic rings. The lowest BCUT2D eigenvalue weighted by Gasteiger charge is -2.17. The predicted octanol–water partition coefficient (Wildman–Crippen LogP) is 4.90. The Kier molecular flexibility index (Phi) is 4.13. The van der Waals surface area contributed by atoms with Crippen LogP contribution in [0.4, 0.5) is 0 Å². The third-order valence-electron chi connectivity index (χ3n) is 4.67. The molecule has 0 saturated carbocycles. The molecule has 2 aromatic carbocycles. The Labute approximate surface area is 154 Å². The van der Waals surface area contributed by atoms with Gasteiger partial charge in [0.2, 0.25) is 0 Å². The molecule has 4 aromatic rings. The van der Waals surface area contributed by atoms with Gasteiger partial charge in [0, 0.05) is 23.3 Å². The monoisotopic (exact) mass is 355 g/mol. The van der Waals surface area contributed by atoms with Gasteiger partial charge in [0.15, 0.2) is 0 Å². The number of rotatable bonds is 3. The van der Waals surface area contributed by atoms with Gasteiger partial charge in [-0.2, -0.15) is 0 Å². The Morgan fingerprint density at radius 2 is 1.38 bits per heavy atom. The molecule has 128 valence electrons. The molecule has 0 spiro atoms. The van der Waals surface area contributed by atoms with Crippen molar-refractivity contribution in [2.24, 2.45) is 0 Å². The van der Waals surface area contributed by atoms with Crippen molar-refractivity contribution in [1.82, 2.24) is 15.0 Å². The SMILES string of the molecule is C[Si](C)(C)c1ccc(-c2ncnc3cc(-c4ccncc4)ccc23)cc1. The van der Waals surface area contributed by atoms with Crippen LogP contribution in [0.5, 0.6) is 0 Å². The van der Waals surface area contributed by atoms with E-state index in [4.69, 9.17) is 0 Å². The highest BCUT2D eigenvalue weighted by Crippen LogP contribution is 2.28. The maximum Gasteiger partial charge on any atom is 0.116 e. The zero-order valence-electron chi connectivity index (χ0n) is 15.3. The highest BCUT2D eigenvalue weighted by atomic mass is 28.3. The standard InChI is InChI=1S/C22H21N3Si/c1-26(2,3)19-7-4-17(5-8-19)22-20-9-6-18(14-21(20)24-15-25-22)16-10-12-23-13-11-16/h4-15H,1-3H3. The molecule has 0 amide bonds. The van der Waals surface area contributed by atoms with E-state index in [-0.39, 0.29) is 0 Å². The fourth-order valence-corrected chi connectivity index (χ4v) is 4.31. The number of aromatic nitrogens is 3. The van der Waals surface area contributed by atoms with E-state index in [1.54, 1.807) is 6.33 Å². The first kappa shape index (κ1) is 16.6. The molecule has 2 heterocycles. The minimum atomic E-state index is -1.29. The molecule has 0 fully saturated rings. The van der Waals surface area contributed by atoms with E-state index in [0.29, 0.717) is 0 Å². The smallest absolute Gasteiger partial charge is 0.116 e. The van der Waals surface area contributed by atoms with E-state index < -0.39 is 8.07 Å². The summed E-state index contributed by atoms with van der Waals surface area (Å²) in [5, 5.41) is 2.53. The first-order valence-electron chi connectivity index (χ1n) is 8.78. The van der Waals surface area contributed by atoms with Crippen molar-refractivity contribution in [2.45, 2.75) is 19.6 Å². The van der Waals surface area contributed by atoms with Crippen LogP contribution in [0.1, 0.15) is 0 Å². The number of hydrogen-bond acceptors (Lipinski definition) is 3. The minimum Gasteiger partial charge on any atom is -0.265 e. The molecule has 2 aromatic heterocycles. The number of pyridine rings is 1. The molecule has 4 rings (SSSR count). The van der Waals surface area contributed by atoms with Gasteiger partial charge in [0.05, 0.1) is 19.3 Å². The summed E-state index contributed by atoms with van der Waals surface area (Å²) in [5.41, 5.74) is 5.35. The van der Waals surface area contributed by atoms with Gasteiger partial charge >= 0.3 is 0 Å². The average Bonchev–Trinajstić information content (AvgIpc) is 2.67. The quantitative estimate of drug-likeness (QED) is 0.490. The third kappa shape index (κ3) is 3.16. The van der Waals surface area contributed by atoms with Gasteiger partial charge in [-0.05, 0) is 35.4 Å². The predicted molar refractivity (Wildman–Crippen MR) is 111 cm³/mol. The van der Waals surface area contributed by atoms with Gasteiger partial charge in [-0.1, -0.05) is 55.2 Å². The summed E-state index contributed by atoms with van der Waals surface area (Å²) in [6.07, 6.45) is 5.27. The molecule has 0 saturated heterocycles. The Balaban J connectivity index is 1.79. The molecule has 0 N–H and O–H groups in total. The number of hydrogen-bond donors (Lipinski definition) is 0. The van der Waals surface area contributed by atoms with E-state index in [2.05, 4.69) is 77.1 Å². The van der Waals surface area contributed by atoms with Crippen molar-refractivity contribution >= 4 is 24.2 Å².